The Morgan fingerprint density at radius 1 is 1.40 bits per heavy atom. The molecule has 0 aromatic carbocycles. The van der Waals surface area contributed by atoms with Crippen molar-refractivity contribution in [3.63, 3.8) is 0 Å². The highest BCUT2D eigenvalue weighted by molar-refractivity contribution is 8.13. The van der Waals surface area contributed by atoms with Crippen LogP contribution in [0, 0.1) is 0 Å². The molecule has 64 valence electrons. The van der Waals surface area contributed by atoms with E-state index in [-0.39, 0.29) is 9.33 Å². The summed E-state index contributed by atoms with van der Waals surface area (Å²) in [5.74, 6) is 0. The quantitative estimate of drug-likeness (QED) is 0.622. The van der Waals surface area contributed by atoms with Gasteiger partial charge in [-0.2, -0.15) is 12.6 Å². The SMILES string of the molecule is CC(C)[SH](C)(=O)C(C)(C)S. The number of hydrogen-bond donors (Lipinski definition) is 2. The third-order valence-corrected chi connectivity index (χ3v) is 7.41. The van der Waals surface area contributed by atoms with Crippen LogP contribution in [-0.4, -0.2) is 19.8 Å². The second-order valence-corrected chi connectivity index (χ2v) is 9.18. The molecule has 0 rings (SSSR count). The third kappa shape index (κ3) is 1.99. The van der Waals surface area contributed by atoms with E-state index in [1.807, 2.05) is 34.0 Å². The molecule has 0 aliphatic carbocycles. The smallest absolute Gasteiger partial charge is 0.0603 e. The zero-order valence-electron chi connectivity index (χ0n) is 7.38. The minimum Gasteiger partial charge on any atom is -0.283 e. The first-order chi connectivity index (χ1) is 4.19. The monoisotopic (exact) mass is 182 g/mol. The molecule has 1 nitrogen and oxygen atoms in total. The predicted molar refractivity (Wildman–Crippen MR) is 53.7 cm³/mol. The first kappa shape index (κ1) is 10.5. The molecule has 0 radical (unpaired) electrons. The fraction of sp³-hybridized carbons (Fsp3) is 1.00. The molecule has 0 aromatic rings. The van der Waals surface area contributed by atoms with Gasteiger partial charge in [0, 0.05) is 5.25 Å². The molecule has 10 heavy (non-hydrogen) atoms. The van der Waals surface area contributed by atoms with Crippen LogP contribution in [0.5, 0.6) is 0 Å². The lowest BCUT2D eigenvalue weighted by Gasteiger charge is -2.35. The molecular formula is C7H18OS2. The second-order valence-electron chi connectivity index (χ2n) is 3.58. The molecular weight excluding hydrogens is 164 g/mol. The van der Waals surface area contributed by atoms with E-state index < -0.39 is 9.93 Å². The largest absolute Gasteiger partial charge is 0.283 e. The maximum Gasteiger partial charge on any atom is 0.0603 e. The Morgan fingerprint density at radius 2 is 1.70 bits per heavy atom. The Kier molecular flexibility index (Phi) is 3.00. The van der Waals surface area contributed by atoms with Crippen molar-refractivity contribution in [2.75, 3.05) is 6.26 Å². The molecule has 0 N–H and O–H groups in total. The molecule has 0 aliphatic heterocycles. The zero-order chi connectivity index (χ0) is 8.58. The minimum absolute atomic E-state index is 0.236. The molecule has 0 fully saturated rings. The van der Waals surface area contributed by atoms with E-state index >= 15 is 0 Å². The Morgan fingerprint density at radius 3 is 1.70 bits per heavy atom. The first-order valence-electron chi connectivity index (χ1n) is 3.49. The Balaban J connectivity index is 4.59. The van der Waals surface area contributed by atoms with Crippen molar-refractivity contribution in [1.29, 1.82) is 0 Å². The van der Waals surface area contributed by atoms with Gasteiger partial charge in [-0.3, -0.25) is 4.21 Å². The van der Waals surface area contributed by atoms with Crippen LogP contribution in [0.2, 0.25) is 0 Å². The summed E-state index contributed by atoms with van der Waals surface area (Å²) in [7, 11) is -2.08. The van der Waals surface area contributed by atoms with Crippen molar-refractivity contribution in [2.45, 2.75) is 37.0 Å². The van der Waals surface area contributed by atoms with E-state index in [4.69, 9.17) is 0 Å². The van der Waals surface area contributed by atoms with Crippen molar-refractivity contribution >= 4 is 22.6 Å². The number of hydrogen-bond acceptors (Lipinski definition) is 2. The summed E-state index contributed by atoms with van der Waals surface area (Å²) in [5, 5.41) is 0.236. The van der Waals surface area contributed by atoms with E-state index in [9.17, 15) is 4.21 Å². The van der Waals surface area contributed by atoms with Crippen LogP contribution in [0.25, 0.3) is 0 Å². The van der Waals surface area contributed by atoms with Gasteiger partial charge in [0.05, 0.1) is 4.08 Å². The maximum absolute atomic E-state index is 11.9. The lowest BCUT2D eigenvalue weighted by molar-refractivity contribution is 0.654. The summed E-state index contributed by atoms with van der Waals surface area (Å²) in [6, 6.07) is 0. The lowest BCUT2D eigenvalue weighted by Crippen LogP contribution is -2.38. The average Bonchev–Trinajstić information content (AvgIpc) is 1.62. The topological polar surface area (TPSA) is 17.1 Å². The van der Waals surface area contributed by atoms with E-state index in [2.05, 4.69) is 12.6 Å². The minimum atomic E-state index is -2.08. The number of thiol groups is 2. The molecule has 0 aromatic heterocycles. The van der Waals surface area contributed by atoms with Gasteiger partial charge in [0.25, 0.3) is 0 Å². The fourth-order valence-electron chi connectivity index (χ4n) is 0.632. The summed E-state index contributed by atoms with van der Waals surface area (Å²) in [4.78, 5) is 0. The van der Waals surface area contributed by atoms with Crippen molar-refractivity contribution < 1.29 is 4.21 Å². The van der Waals surface area contributed by atoms with Crippen LogP contribution in [0.4, 0.5) is 0 Å². The van der Waals surface area contributed by atoms with Crippen molar-refractivity contribution in [3.8, 4) is 0 Å². The third-order valence-electron chi connectivity index (χ3n) is 2.07. The van der Waals surface area contributed by atoms with Gasteiger partial charge in [-0.25, -0.2) is 0 Å². The summed E-state index contributed by atoms with van der Waals surface area (Å²) in [6.07, 6.45) is 1.82. The Hall–Kier alpha value is 0.500. The summed E-state index contributed by atoms with van der Waals surface area (Å²) >= 11 is 4.31. The predicted octanol–water partition coefficient (Wildman–Crippen LogP) is 1.71. The van der Waals surface area contributed by atoms with E-state index in [0.717, 1.165) is 0 Å². The van der Waals surface area contributed by atoms with Crippen molar-refractivity contribution in [1.82, 2.24) is 0 Å². The van der Waals surface area contributed by atoms with Crippen molar-refractivity contribution in [2.24, 2.45) is 0 Å². The van der Waals surface area contributed by atoms with E-state index in [0.29, 0.717) is 0 Å². The maximum atomic E-state index is 11.9. The molecule has 0 amide bonds. The van der Waals surface area contributed by atoms with Gasteiger partial charge >= 0.3 is 0 Å². The van der Waals surface area contributed by atoms with Crippen LogP contribution in [-0.2, 0) is 9.93 Å². The summed E-state index contributed by atoms with van der Waals surface area (Å²) < 4.78 is 11.5. The molecule has 0 aliphatic rings. The summed E-state index contributed by atoms with van der Waals surface area (Å²) in [5.41, 5.74) is 0. The zero-order valence-corrected chi connectivity index (χ0v) is 9.17. The van der Waals surface area contributed by atoms with Crippen LogP contribution in [0.15, 0.2) is 0 Å². The Bertz CT molecular complexity index is 155. The highest BCUT2D eigenvalue weighted by Gasteiger charge is 2.29. The van der Waals surface area contributed by atoms with Gasteiger partial charge in [0.2, 0.25) is 0 Å². The van der Waals surface area contributed by atoms with E-state index in [1.54, 1.807) is 0 Å². The Labute approximate surface area is 70.4 Å². The highest BCUT2D eigenvalue weighted by atomic mass is 32.3. The molecule has 0 saturated carbocycles. The van der Waals surface area contributed by atoms with Crippen LogP contribution < -0.4 is 0 Å². The molecule has 0 bridgehead atoms. The molecule has 0 atom stereocenters. The van der Waals surface area contributed by atoms with Crippen LogP contribution >= 0.6 is 12.6 Å². The van der Waals surface area contributed by atoms with E-state index in [1.165, 1.54) is 0 Å². The first-order valence-corrected chi connectivity index (χ1v) is 6.16. The summed E-state index contributed by atoms with van der Waals surface area (Å²) in [6.45, 7) is 7.80. The molecule has 0 saturated heterocycles. The van der Waals surface area contributed by atoms with Gasteiger partial charge in [-0.1, -0.05) is 23.8 Å². The number of rotatable bonds is 2. The van der Waals surface area contributed by atoms with Gasteiger partial charge < -0.3 is 0 Å². The molecule has 3 heteroatoms. The van der Waals surface area contributed by atoms with Gasteiger partial charge in [0.15, 0.2) is 0 Å². The molecule has 0 spiro atoms. The van der Waals surface area contributed by atoms with Gasteiger partial charge in [0.1, 0.15) is 0 Å². The lowest BCUT2D eigenvalue weighted by atomic mass is 10.5. The van der Waals surface area contributed by atoms with Crippen LogP contribution in [0.1, 0.15) is 27.7 Å². The average molecular weight is 182 g/mol. The molecule has 0 heterocycles. The fourth-order valence-corrected chi connectivity index (χ4v) is 2.59. The van der Waals surface area contributed by atoms with Crippen molar-refractivity contribution in [3.05, 3.63) is 0 Å². The second kappa shape index (κ2) is 2.86. The van der Waals surface area contributed by atoms with Gasteiger partial charge in [-0.05, 0) is 20.1 Å². The normalized spacial score (nSPS) is 15.9. The highest BCUT2D eigenvalue weighted by Crippen LogP contribution is 2.29. The van der Waals surface area contributed by atoms with Gasteiger partial charge in [-0.15, -0.1) is 0 Å². The van der Waals surface area contributed by atoms with Crippen LogP contribution in [0.3, 0.4) is 0 Å². The standard InChI is InChI=1S/C7H18OS2/c1-6(2)10(5,8)7(3,4)9/h6,9-10H,1-5H3. The molecule has 0 unspecified atom stereocenters.